The average Bonchev–Trinajstić information content (AvgIpc) is 2.92. The van der Waals surface area contributed by atoms with E-state index in [1.165, 1.54) is 53.5 Å². The first-order valence-corrected chi connectivity index (χ1v) is 11.9. The molecule has 2 amide bonds. The highest BCUT2D eigenvalue weighted by Gasteiger charge is 2.24. The second kappa shape index (κ2) is 12.2. The molecule has 0 saturated heterocycles. The zero-order valence-electron chi connectivity index (χ0n) is 20.7. The average molecular weight is 521 g/mol. The Morgan fingerprint density at radius 1 is 0.895 bits per heavy atom. The SMILES string of the molecule is COCCN(CC(=O)N(Cc1ccc(F)cc1)Cc1coc2ccccc2c1=O)C(=O)c1cccc(F)c1. The van der Waals surface area contributed by atoms with Gasteiger partial charge in [-0.25, -0.2) is 8.78 Å². The number of fused-ring (bicyclic) bond motifs is 1. The van der Waals surface area contributed by atoms with E-state index in [0.29, 0.717) is 16.5 Å². The number of benzene rings is 3. The molecule has 1 aromatic heterocycles. The van der Waals surface area contributed by atoms with Crippen molar-refractivity contribution in [2.24, 2.45) is 0 Å². The number of hydrogen-bond acceptors (Lipinski definition) is 5. The van der Waals surface area contributed by atoms with Gasteiger partial charge in [0.25, 0.3) is 5.91 Å². The summed E-state index contributed by atoms with van der Waals surface area (Å²) in [5.41, 5.74) is 1.11. The van der Waals surface area contributed by atoms with Crippen LogP contribution in [-0.2, 0) is 22.6 Å². The quantitative estimate of drug-likeness (QED) is 0.310. The van der Waals surface area contributed by atoms with Crippen LogP contribution in [0.2, 0.25) is 0 Å². The van der Waals surface area contributed by atoms with Crippen molar-refractivity contribution >= 4 is 22.8 Å². The van der Waals surface area contributed by atoms with Crippen LogP contribution in [0.3, 0.4) is 0 Å². The van der Waals surface area contributed by atoms with Crippen LogP contribution in [-0.4, -0.2) is 48.4 Å². The van der Waals surface area contributed by atoms with E-state index in [1.807, 2.05) is 0 Å². The highest BCUT2D eigenvalue weighted by molar-refractivity contribution is 5.96. The Balaban J connectivity index is 1.63. The van der Waals surface area contributed by atoms with Crippen LogP contribution in [0.15, 0.2) is 88.3 Å². The number of carbonyl (C=O) groups excluding carboxylic acids is 2. The van der Waals surface area contributed by atoms with Gasteiger partial charge < -0.3 is 19.0 Å². The monoisotopic (exact) mass is 520 g/mol. The summed E-state index contributed by atoms with van der Waals surface area (Å²) >= 11 is 0. The molecule has 0 N–H and O–H groups in total. The third-order valence-corrected chi connectivity index (χ3v) is 6.00. The summed E-state index contributed by atoms with van der Waals surface area (Å²) in [5, 5.41) is 0.377. The third-order valence-electron chi connectivity index (χ3n) is 6.00. The van der Waals surface area contributed by atoms with Crippen LogP contribution in [0.5, 0.6) is 0 Å². The van der Waals surface area contributed by atoms with Crippen LogP contribution in [0.4, 0.5) is 8.78 Å². The summed E-state index contributed by atoms with van der Waals surface area (Å²) in [6.07, 6.45) is 1.32. The minimum absolute atomic E-state index is 0.0532. The Kier molecular flexibility index (Phi) is 8.60. The van der Waals surface area contributed by atoms with Crippen LogP contribution >= 0.6 is 0 Å². The van der Waals surface area contributed by atoms with Crippen molar-refractivity contribution in [3.8, 4) is 0 Å². The normalized spacial score (nSPS) is 10.9. The standard InChI is InChI=1S/C29H26F2N2O5/c1-37-14-13-32(29(36)21-5-4-6-24(31)15-21)18-27(34)33(16-20-9-11-23(30)12-10-20)17-22-19-38-26-8-3-2-7-25(26)28(22)35/h2-12,15,19H,13-14,16-18H2,1H3. The second-order valence-electron chi connectivity index (χ2n) is 8.69. The van der Waals surface area contributed by atoms with E-state index in [9.17, 15) is 23.2 Å². The topological polar surface area (TPSA) is 80.1 Å². The molecule has 0 fully saturated rings. The fourth-order valence-electron chi connectivity index (χ4n) is 4.00. The van der Waals surface area contributed by atoms with E-state index >= 15 is 0 Å². The van der Waals surface area contributed by atoms with Gasteiger partial charge in [0, 0.05) is 25.8 Å². The van der Waals surface area contributed by atoms with Gasteiger partial charge in [-0.1, -0.05) is 30.3 Å². The van der Waals surface area contributed by atoms with E-state index in [-0.39, 0.29) is 49.3 Å². The van der Waals surface area contributed by atoms with Crippen molar-refractivity contribution in [3.63, 3.8) is 0 Å². The van der Waals surface area contributed by atoms with E-state index < -0.39 is 23.4 Å². The molecule has 0 saturated carbocycles. The maximum atomic E-state index is 13.8. The molecule has 7 nitrogen and oxygen atoms in total. The number of halogens is 2. The number of methoxy groups -OCH3 is 1. The van der Waals surface area contributed by atoms with Crippen molar-refractivity contribution < 1.29 is 27.5 Å². The summed E-state index contributed by atoms with van der Waals surface area (Å²) in [7, 11) is 1.46. The zero-order chi connectivity index (χ0) is 27.1. The number of para-hydroxylation sites is 1. The molecule has 0 spiro atoms. The molecule has 1 heterocycles. The minimum Gasteiger partial charge on any atom is -0.464 e. The van der Waals surface area contributed by atoms with Gasteiger partial charge in [-0.3, -0.25) is 14.4 Å². The Morgan fingerprint density at radius 2 is 1.66 bits per heavy atom. The van der Waals surface area contributed by atoms with Crippen molar-refractivity contribution in [2.45, 2.75) is 13.1 Å². The molecule has 0 aliphatic carbocycles. The van der Waals surface area contributed by atoms with E-state index in [0.717, 1.165) is 6.07 Å². The van der Waals surface area contributed by atoms with Crippen LogP contribution in [0, 0.1) is 11.6 Å². The lowest BCUT2D eigenvalue weighted by molar-refractivity contribution is -0.133. The molecule has 0 radical (unpaired) electrons. The molecular formula is C29H26F2N2O5. The Labute approximate surface area is 217 Å². The van der Waals surface area contributed by atoms with Crippen molar-refractivity contribution in [2.75, 3.05) is 26.8 Å². The smallest absolute Gasteiger partial charge is 0.254 e. The lowest BCUT2D eigenvalue weighted by Gasteiger charge is -2.28. The van der Waals surface area contributed by atoms with Crippen molar-refractivity contribution in [1.29, 1.82) is 0 Å². The first-order valence-electron chi connectivity index (χ1n) is 11.9. The number of hydrogen-bond donors (Lipinski definition) is 0. The number of ether oxygens (including phenoxy) is 1. The maximum Gasteiger partial charge on any atom is 0.254 e. The first-order chi connectivity index (χ1) is 18.4. The minimum atomic E-state index is -0.574. The summed E-state index contributed by atoms with van der Waals surface area (Å²) in [4.78, 5) is 42.5. The number of nitrogens with zero attached hydrogens (tertiary/aromatic N) is 2. The Bertz CT molecular complexity index is 1490. The lowest BCUT2D eigenvalue weighted by atomic mass is 10.1. The molecule has 0 unspecified atom stereocenters. The van der Waals surface area contributed by atoms with Crippen LogP contribution in [0.25, 0.3) is 11.0 Å². The lowest BCUT2D eigenvalue weighted by Crippen LogP contribution is -2.44. The van der Waals surface area contributed by atoms with Gasteiger partial charge in [0.15, 0.2) is 5.43 Å². The Hall–Kier alpha value is -4.37. The first kappa shape index (κ1) is 26.7. The van der Waals surface area contributed by atoms with Crippen LogP contribution < -0.4 is 5.43 Å². The number of carbonyl (C=O) groups is 2. The van der Waals surface area contributed by atoms with Gasteiger partial charge in [0.2, 0.25) is 5.91 Å². The fraction of sp³-hybridized carbons (Fsp3) is 0.207. The zero-order valence-corrected chi connectivity index (χ0v) is 20.7. The summed E-state index contributed by atoms with van der Waals surface area (Å²) in [6, 6.07) is 17.6. The van der Waals surface area contributed by atoms with E-state index in [2.05, 4.69) is 0 Å². The molecule has 4 rings (SSSR count). The molecule has 4 aromatic rings. The summed E-state index contributed by atoms with van der Waals surface area (Å²) in [5.74, 6) is -2.01. The third kappa shape index (κ3) is 6.49. The largest absolute Gasteiger partial charge is 0.464 e. The molecule has 38 heavy (non-hydrogen) atoms. The predicted octanol–water partition coefficient (Wildman–Crippen LogP) is 4.39. The number of amides is 2. The van der Waals surface area contributed by atoms with E-state index in [1.54, 1.807) is 36.4 Å². The molecule has 0 atom stereocenters. The molecule has 0 bridgehead atoms. The predicted molar refractivity (Wildman–Crippen MR) is 137 cm³/mol. The van der Waals surface area contributed by atoms with Gasteiger partial charge in [-0.05, 0) is 48.0 Å². The summed E-state index contributed by atoms with van der Waals surface area (Å²) in [6.45, 7) is -0.160. The van der Waals surface area contributed by atoms with Gasteiger partial charge in [-0.2, -0.15) is 0 Å². The van der Waals surface area contributed by atoms with Gasteiger partial charge >= 0.3 is 0 Å². The maximum absolute atomic E-state index is 13.8. The Morgan fingerprint density at radius 3 is 2.39 bits per heavy atom. The highest BCUT2D eigenvalue weighted by Crippen LogP contribution is 2.15. The highest BCUT2D eigenvalue weighted by atomic mass is 19.1. The van der Waals surface area contributed by atoms with Crippen molar-refractivity contribution in [1.82, 2.24) is 9.80 Å². The van der Waals surface area contributed by atoms with Gasteiger partial charge in [0.1, 0.15) is 23.8 Å². The van der Waals surface area contributed by atoms with Crippen LogP contribution in [0.1, 0.15) is 21.5 Å². The molecular weight excluding hydrogens is 494 g/mol. The summed E-state index contributed by atoms with van der Waals surface area (Å²) < 4.78 is 38.0. The molecule has 196 valence electrons. The van der Waals surface area contributed by atoms with E-state index in [4.69, 9.17) is 9.15 Å². The molecule has 0 aliphatic heterocycles. The fourth-order valence-corrected chi connectivity index (χ4v) is 4.00. The van der Waals surface area contributed by atoms with Gasteiger partial charge in [-0.15, -0.1) is 0 Å². The number of rotatable bonds is 10. The van der Waals surface area contributed by atoms with Crippen molar-refractivity contribution in [3.05, 3.63) is 118 Å². The second-order valence-corrected chi connectivity index (χ2v) is 8.69. The molecule has 9 heteroatoms. The van der Waals surface area contributed by atoms with Gasteiger partial charge in [0.05, 0.1) is 30.4 Å². The molecule has 0 aliphatic rings. The molecule has 3 aromatic carbocycles.